The standard InChI is InChI=1S/C9H15NO/c1-6-4-7(2)8(3)9(5-6)10-11/h5,7-9H,4H2,1-3H3. The van der Waals surface area contributed by atoms with Gasteiger partial charge in [0.05, 0.1) is 0 Å². The van der Waals surface area contributed by atoms with Gasteiger partial charge in [-0.1, -0.05) is 30.7 Å². The molecule has 2 nitrogen and oxygen atoms in total. The van der Waals surface area contributed by atoms with E-state index in [1.54, 1.807) is 0 Å². The molecule has 1 rings (SSSR count). The summed E-state index contributed by atoms with van der Waals surface area (Å²) in [6.07, 6.45) is 3.12. The molecule has 0 saturated carbocycles. The highest BCUT2D eigenvalue weighted by atomic mass is 16.3. The molecule has 1 aliphatic rings. The van der Waals surface area contributed by atoms with Crippen LogP contribution in [0.1, 0.15) is 27.2 Å². The van der Waals surface area contributed by atoms with Crippen molar-refractivity contribution in [2.75, 3.05) is 0 Å². The van der Waals surface area contributed by atoms with Gasteiger partial charge in [0.2, 0.25) is 0 Å². The van der Waals surface area contributed by atoms with E-state index < -0.39 is 0 Å². The molecule has 0 heterocycles. The SMILES string of the molecule is CC1=CC(N=O)C(C)C(C)C1. The minimum absolute atomic E-state index is 0.0845. The Morgan fingerprint density at radius 1 is 1.55 bits per heavy atom. The first-order chi connectivity index (χ1) is 5.15. The molecule has 0 N–H and O–H groups in total. The highest BCUT2D eigenvalue weighted by molar-refractivity contribution is 5.11. The summed E-state index contributed by atoms with van der Waals surface area (Å²) in [5.74, 6) is 1.01. The summed E-state index contributed by atoms with van der Waals surface area (Å²) in [7, 11) is 0. The molecule has 0 bridgehead atoms. The van der Waals surface area contributed by atoms with E-state index in [9.17, 15) is 4.91 Å². The zero-order chi connectivity index (χ0) is 8.43. The van der Waals surface area contributed by atoms with Crippen LogP contribution >= 0.6 is 0 Å². The third kappa shape index (κ3) is 1.67. The summed E-state index contributed by atoms with van der Waals surface area (Å²) in [5.41, 5.74) is 1.31. The molecule has 3 atom stereocenters. The summed E-state index contributed by atoms with van der Waals surface area (Å²) in [5, 5.41) is 3.10. The summed E-state index contributed by atoms with van der Waals surface area (Å²) in [4.78, 5) is 10.4. The van der Waals surface area contributed by atoms with Gasteiger partial charge in [-0.2, -0.15) is 4.91 Å². The van der Waals surface area contributed by atoms with Gasteiger partial charge in [-0.15, -0.1) is 0 Å². The van der Waals surface area contributed by atoms with Crippen LogP contribution in [-0.4, -0.2) is 6.04 Å². The van der Waals surface area contributed by atoms with Crippen molar-refractivity contribution in [2.24, 2.45) is 17.0 Å². The maximum atomic E-state index is 10.4. The van der Waals surface area contributed by atoms with E-state index >= 15 is 0 Å². The maximum absolute atomic E-state index is 10.4. The van der Waals surface area contributed by atoms with Crippen molar-refractivity contribution in [1.29, 1.82) is 0 Å². The topological polar surface area (TPSA) is 29.4 Å². The summed E-state index contributed by atoms with van der Waals surface area (Å²) < 4.78 is 0. The van der Waals surface area contributed by atoms with Gasteiger partial charge in [0.1, 0.15) is 6.04 Å². The monoisotopic (exact) mass is 153 g/mol. The number of nitrogens with zero attached hydrogens (tertiary/aromatic N) is 1. The molecule has 0 saturated heterocycles. The molecule has 0 fully saturated rings. The molecule has 0 aromatic rings. The van der Waals surface area contributed by atoms with Crippen LogP contribution in [0.25, 0.3) is 0 Å². The molecule has 0 radical (unpaired) electrons. The van der Waals surface area contributed by atoms with E-state index in [0.29, 0.717) is 11.8 Å². The predicted octanol–water partition coefficient (Wildman–Crippen LogP) is 2.74. The minimum atomic E-state index is -0.0845. The number of hydrogen-bond acceptors (Lipinski definition) is 2. The quantitative estimate of drug-likeness (QED) is 0.420. The molecular weight excluding hydrogens is 138 g/mol. The first kappa shape index (κ1) is 8.44. The average molecular weight is 153 g/mol. The summed E-state index contributed by atoms with van der Waals surface area (Å²) in [6, 6.07) is -0.0845. The zero-order valence-corrected chi connectivity index (χ0v) is 7.37. The van der Waals surface area contributed by atoms with E-state index in [4.69, 9.17) is 0 Å². The van der Waals surface area contributed by atoms with Crippen molar-refractivity contribution in [1.82, 2.24) is 0 Å². The Balaban J connectivity index is 2.77. The average Bonchev–Trinajstić information content (AvgIpc) is 1.96. The van der Waals surface area contributed by atoms with E-state index in [2.05, 4.69) is 25.9 Å². The Kier molecular flexibility index (Phi) is 2.42. The Labute approximate surface area is 67.7 Å². The van der Waals surface area contributed by atoms with Gasteiger partial charge < -0.3 is 0 Å². The smallest absolute Gasteiger partial charge is 0.113 e. The Hall–Kier alpha value is -0.660. The molecule has 0 aromatic heterocycles. The van der Waals surface area contributed by atoms with Crippen molar-refractivity contribution in [3.8, 4) is 0 Å². The van der Waals surface area contributed by atoms with Gasteiger partial charge in [-0.3, -0.25) is 0 Å². The second kappa shape index (κ2) is 3.16. The van der Waals surface area contributed by atoms with Crippen molar-refractivity contribution >= 4 is 0 Å². The lowest BCUT2D eigenvalue weighted by Gasteiger charge is -2.27. The second-order valence-corrected chi connectivity index (χ2v) is 3.65. The molecule has 0 spiro atoms. The van der Waals surface area contributed by atoms with Crippen LogP contribution in [0.4, 0.5) is 0 Å². The van der Waals surface area contributed by atoms with Crippen LogP contribution in [0.5, 0.6) is 0 Å². The maximum Gasteiger partial charge on any atom is 0.113 e. The molecular formula is C9H15NO. The molecule has 0 amide bonds. The number of hydrogen-bond donors (Lipinski definition) is 0. The van der Waals surface area contributed by atoms with Crippen molar-refractivity contribution < 1.29 is 0 Å². The van der Waals surface area contributed by atoms with E-state index in [-0.39, 0.29) is 6.04 Å². The van der Waals surface area contributed by atoms with Crippen molar-refractivity contribution in [2.45, 2.75) is 33.2 Å². The van der Waals surface area contributed by atoms with Gasteiger partial charge in [-0.05, 0) is 25.2 Å². The molecule has 11 heavy (non-hydrogen) atoms. The van der Waals surface area contributed by atoms with Gasteiger partial charge >= 0.3 is 0 Å². The highest BCUT2D eigenvalue weighted by Gasteiger charge is 2.26. The van der Waals surface area contributed by atoms with Crippen LogP contribution in [-0.2, 0) is 0 Å². The first-order valence-electron chi connectivity index (χ1n) is 4.15. The molecule has 3 unspecified atom stereocenters. The van der Waals surface area contributed by atoms with Crippen LogP contribution in [0.3, 0.4) is 0 Å². The minimum Gasteiger partial charge on any atom is -0.150 e. The number of rotatable bonds is 1. The molecule has 62 valence electrons. The van der Waals surface area contributed by atoms with Crippen molar-refractivity contribution in [3.63, 3.8) is 0 Å². The molecule has 2 heteroatoms. The lowest BCUT2D eigenvalue weighted by molar-refractivity contribution is 0.335. The Morgan fingerprint density at radius 3 is 2.73 bits per heavy atom. The summed E-state index contributed by atoms with van der Waals surface area (Å²) >= 11 is 0. The number of nitroso groups, excluding NO2 is 1. The second-order valence-electron chi connectivity index (χ2n) is 3.65. The van der Waals surface area contributed by atoms with E-state index in [1.807, 2.05) is 6.08 Å². The van der Waals surface area contributed by atoms with Gasteiger partial charge in [-0.25, -0.2) is 0 Å². The van der Waals surface area contributed by atoms with Gasteiger partial charge in [0, 0.05) is 0 Å². The molecule has 0 aliphatic heterocycles. The van der Waals surface area contributed by atoms with Crippen LogP contribution in [0.2, 0.25) is 0 Å². The third-order valence-electron chi connectivity index (χ3n) is 2.66. The molecule has 1 aliphatic carbocycles. The van der Waals surface area contributed by atoms with Crippen LogP contribution in [0, 0.1) is 16.7 Å². The first-order valence-corrected chi connectivity index (χ1v) is 4.15. The Morgan fingerprint density at radius 2 is 2.18 bits per heavy atom. The highest BCUT2D eigenvalue weighted by Crippen LogP contribution is 2.30. The van der Waals surface area contributed by atoms with Crippen LogP contribution < -0.4 is 0 Å². The predicted molar refractivity (Wildman–Crippen MR) is 46.3 cm³/mol. The third-order valence-corrected chi connectivity index (χ3v) is 2.66. The van der Waals surface area contributed by atoms with Gasteiger partial charge in [0.15, 0.2) is 0 Å². The lowest BCUT2D eigenvalue weighted by Crippen LogP contribution is -2.24. The fourth-order valence-electron chi connectivity index (χ4n) is 1.67. The fourth-order valence-corrected chi connectivity index (χ4v) is 1.67. The zero-order valence-electron chi connectivity index (χ0n) is 7.37. The normalized spacial score (nSPS) is 38.1. The van der Waals surface area contributed by atoms with Crippen molar-refractivity contribution in [3.05, 3.63) is 16.6 Å². The fraction of sp³-hybridized carbons (Fsp3) is 0.778. The summed E-state index contributed by atoms with van der Waals surface area (Å²) in [6.45, 7) is 6.35. The molecule has 0 aromatic carbocycles. The van der Waals surface area contributed by atoms with Crippen LogP contribution in [0.15, 0.2) is 16.8 Å². The largest absolute Gasteiger partial charge is 0.150 e. The number of allylic oxidation sites excluding steroid dienone is 1. The van der Waals surface area contributed by atoms with E-state index in [1.165, 1.54) is 5.57 Å². The Bertz CT molecular complexity index is 186. The lowest BCUT2D eigenvalue weighted by atomic mass is 9.79. The van der Waals surface area contributed by atoms with E-state index in [0.717, 1.165) is 6.42 Å². The van der Waals surface area contributed by atoms with Gasteiger partial charge in [0.25, 0.3) is 0 Å².